The molecule has 1 aliphatic heterocycles. The van der Waals surface area contributed by atoms with Gasteiger partial charge < -0.3 is 19.7 Å². The first kappa shape index (κ1) is 31.0. The van der Waals surface area contributed by atoms with Crippen LogP contribution in [-0.2, 0) is 17.7 Å². The summed E-state index contributed by atoms with van der Waals surface area (Å²) in [4.78, 5) is 17.2. The zero-order valence-corrected chi connectivity index (χ0v) is 25.2. The quantitative estimate of drug-likeness (QED) is 0.333. The van der Waals surface area contributed by atoms with Crippen LogP contribution in [0.25, 0.3) is 0 Å². The van der Waals surface area contributed by atoms with Gasteiger partial charge in [-0.3, -0.25) is 4.90 Å². The molecule has 6 nitrogen and oxygen atoms in total. The lowest BCUT2D eigenvalue weighted by atomic mass is 9.90. The first-order valence-corrected chi connectivity index (χ1v) is 14.7. The lowest BCUT2D eigenvalue weighted by Crippen LogP contribution is -2.39. The number of carbonyl (C=O) groups excluding carboxylic acids is 1. The van der Waals surface area contributed by atoms with Crippen molar-refractivity contribution in [3.63, 3.8) is 0 Å². The van der Waals surface area contributed by atoms with E-state index in [1.54, 1.807) is 0 Å². The van der Waals surface area contributed by atoms with Crippen LogP contribution in [0.5, 0.6) is 5.75 Å². The number of hydrogen-bond donors (Lipinski definition) is 1. The van der Waals surface area contributed by atoms with Crippen LogP contribution >= 0.6 is 0 Å². The van der Waals surface area contributed by atoms with Gasteiger partial charge in [0.25, 0.3) is 0 Å². The van der Waals surface area contributed by atoms with Crippen molar-refractivity contribution in [1.82, 2.24) is 15.1 Å². The summed E-state index contributed by atoms with van der Waals surface area (Å²) in [6.07, 6.45) is 4.48. The van der Waals surface area contributed by atoms with Crippen LogP contribution in [0, 0.1) is 5.92 Å². The Kier molecular flexibility index (Phi) is 11.7. The number of rotatable bonds is 12. The lowest BCUT2D eigenvalue weighted by Gasteiger charge is -2.33. The summed E-state index contributed by atoms with van der Waals surface area (Å²) in [5, 5.41) is 2.93. The van der Waals surface area contributed by atoms with Crippen LogP contribution < -0.4 is 10.1 Å². The standard InChI is InChI=1S/C33H51N3O3/c1-32(2,3)38-30-16-11-10-15-29(30)26-36(24-19-34-31(37)39-33(4,5)6)21-12-20-35-22-17-28(18-23-35)25-27-13-8-7-9-14-27/h7-11,13-16,28H,12,17-26H2,1-6H3,(H,34,37). The van der Waals surface area contributed by atoms with Crippen molar-refractivity contribution in [2.24, 2.45) is 5.92 Å². The van der Waals surface area contributed by atoms with Crippen LogP contribution in [0.2, 0.25) is 0 Å². The third kappa shape index (κ3) is 12.4. The Morgan fingerprint density at radius 1 is 0.923 bits per heavy atom. The number of likely N-dealkylation sites (tertiary alicyclic amines) is 1. The fourth-order valence-electron chi connectivity index (χ4n) is 5.08. The van der Waals surface area contributed by atoms with Crippen molar-refractivity contribution in [3.05, 3.63) is 65.7 Å². The van der Waals surface area contributed by atoms with Gasteiger partial charge in [-0.2, -0.15) is 0 Å². The summed E-state index contributed by atoms with van der Waals surface area (Å²) in [5.74, 6) is 1.72. The van der Waals surface area contributed by atoms with E-state index in [1.807, 2.05) is 26.8 Å². The number of carbonyl (C=O) groups is 1. The molecular formula is C33H51N3O3. The number of amides is 1. The zero-order chi connectivity index (χ0) is 28.3. The van der Waals surface area contributed by atoms with E-state index >= 15 is 0 Å². The molecular weight excluding hydrogens is 486 g/mol. The number of ether oxygens (including phenoxy) is 2. The number of alkyl carbamates (subject to hydrolysis) is 1. The molecule has 0 atom stereocenters. The van der Waals surface area contributed by atoms with Gasteiger partial charge >= 0.3 is 6.09 Å². The number of nitrogens with zero attached hydrogens (tertiary/aromatic N) is 2. The Labute approximate surface area is 237 Å². The van der Waals surface area contributed by atoms with Crippen molar-refractivity contribution in [1.29, 1.82) is 0 Å². The molecule has 0 spiro atoms. The topological polar surface area (TPSA) is 54.0 Å². The number of nitrogens with one attached hydrogen (secondary N) is 1. The molecule has 1 saturated heterocycles. The number of hydrogen-bond acceptors (Lipinski definition) is 5. The highest BCUT2D eigenvalue weighted by Crippen LogP contribution is 2.25. The molecule has 1 amide bonds. The zero-order valence-electron chi connectivity index (χ0n) is 25.2. The van der Waals surface area contributed by atoms with E-state index in [0.29, 0.717) is 6.54 Å². The van der Waals surface area contributed by atoms with Crippen molar-refractivity contribution >= 4 is 6.09 Å². The third-order valence-corrected chi connectivity index (χ3v) is 6.90. The molecule has 1 fully saturated rings. The predicted molar refractivity (Wildman–Crippen MR) is 160 cm³/mol. The molecule has 1 N–H and O–H groups in total. The molecule has 0 unspecified atom stereocenters. The van der Waals surface area contributed by atoms with E-state index < -0.39 is 5.60 Å². The first-order valence-electron chi connectivity index (χ1n) is 14.7. The lowest BCUT2D eigenvalue weighted by molar-refractivity contribution is 0.0520. The molecule has 2 aromatic carbocycles. The highest BCUT2D eigenvalue weighted by Gasteiger charge is 2.21. The summed E-state index contributed by atoms with van der Waals surface area (Å²) >= 11 is 0. The molecule has 0 aliphatic carbocycles. The molecule has 3 rings (SSSR count). The molecule has 2 aromatic rings. The van der Waals surface area contributed by atoms with Crippen LogP contribution in [0.3, 0.4) is 0 Å². The van der Waals surface area contributed by atoms with Gasteiger partial charge in [-0.1, -0.05) is 48.5 Å². The SMILES string of the molecule is CC(C)(C)OC(=O)NCCN(CCCN1CCC(Cc2ccccc2)CC1)Cc1ccccc1OC(C)(C)C. The maximum Gasteiger partial charge on any atom is 0.407 e. The molecule has 0 radical (unpaired) electrons. The minimum absolute atomic E-state index is 0.258. The van der Waals surface area contributed by atoms with Crippen molar-refractivity contribution in [2.45, 2.75) is 85.0 Å². The van der Waals surface area contributed by atoms with Crippen molar-refractivity contribution in [3.8, 4) is 5.75 Å². The van der Waals surface area contributed by atoms with Gasteiger partial charge in [0.2, 0.25) is 0 Å². The average Bonchev–Trinajstić information content (AvgIpc) is 2.85. The molecule has 1 aliphatic rings. The Morgan fingerprint density at radius 3 is 2.26 bits per heavy atom. The van der Waals surface area contributed by atoms with Crippen LogP contribution in [0.1, 0.15) is 71.9 Å². The molecule has 39 heavy (non-hydrogen) atoms. The van der Waals surface area contributed by atoms with Gasteiger partial charge in [-0.25, -0.2) is 4.79 Å². The second-order valence-electron chi connectivity index (χ2n) is 12.9. The van der Waals surface area contributed by atoms with Crippen molar-refractivity contribution < 1.29 is 14.3 Å². The van der Waals surface area contributed by atoms with Gasteiger partial charge in [-0.05, 0) is 111 Å². The van der Waals surface area contributed by atoms with Crippen LogP contribution in [0.15, 0.2) is 54.6 Å². The van der Waals surface area contributed by atoms with Crippen LogP contribution in [-0.4, -0.2) is 66.4 Å². The van der Waals surface area contributed by atoms with E-state index in [9.17, 15) is 4.79 Å². The highest BCUT2D eigenvalue weighted by atomic mass is 16.6. The Hall–Kier alpha value is -2.57. The van der Waals surface area contributed by atoms with E-state index in [0.717, 1.165) is 44.3 Å². The van der Waals surface area contributed by atoms with Gasteiger partial charge in [0.1, 0.15) is 17.0 Å². The molecule has 0 saturated carbocycles. The second kappa shape index (κ2) is 14.7. The Morgan fingerprint density at radius 2 is 1.59 bits per heavy atom. The minimum atomic E-state index is -0.498. The fourth-order valence-corrected chi connectivity index (χ4v) is 5.08. The minimum Gasteiger partial charge on any atom is -0.488 e. The smallest absolute Gasteiger partial charge is 0.407 e. The van der Waals surface area contributed by atoms with E-state index in [2.05, 4.69) is 84.4 Å². The molecule has 6 heteroatoms. The maximum atomic E-state index is 12.2. The maximum absolute atomic E-state index is 12.2. The van der Waals surface area contributed by atoms with E-state index in [4.69, 9.17) is 9.47 Å². The summed E-state index contributed by atoms with van der Waals surface area (Å²) in [6, 6.07) is 19.2. The normalized spacial score (nSPS) is 15.4. The van der Waals surface area contributed by atoms with E-state index in [-0.39, 0.29) is 11.7 Å². The summed E-state index contributed by atoms with van der Waals surface area (Å²) in [7, 11) is 0. The second-order valence-corrected chi connectivity index (χ2v) is 12.9. The van der Waals surface area contributed by atoms with E-state index in [1.165, 1.54) is 43.5 Å². The van der Waals surface area contributed by atoms with Gasteiger partial charge in [0.15, 0.2) is 0 Å². The highest BCUT2D eigenvalue weighted by molar-refractivity contribution is 5.67. The van der Waals surface area contributed by atoms with Crippen molar-refractivity contribution in [2.75, 3.05) is 39.3 Å². The molecule has 0 bridgehead atoms. The third-order valence-electron chi connectivity index (χ3n) is 6.90. The molecule has 1 heterocycles. The fraction of sp³-hybridized carbons (Fsp3) is 0.606. The summed E-state index contributed by atoms with van der Waals surface area (Å²) in [6.45, 7) is 18.4. The van der Waals surface area contributed by atoms with Gasteiger partial charge in [0, 0.05) is 25.2 Å². The summed E-state index contributed by atoms with van der Waals surface area (Å²) in [5.41, 5.74) is 1.88. The van der Waals surface area contributed by atoms with Gasteiger partial charge in [-0.15, -0.1) is 0 Å². The number of benzene rings is 2. The number of para-hydroxylation sites is 1. The number of piperidine rings is 1. The predicted octanol–water partition coefficient (Wildman–Crippen LogP) is 6.54. The first-order chi connectivity index (χ1) is 18.5. The van der Waals surface area contributed by atoms with Gasteiger partial charge in [0.05, 0.1) is 0 Å². The molecule has 0 aromatic heterocycles. The summed E-state index contributed by atoms with van der Waals surface area (Å²) < 4.78 is 11.7. The Balaban J connectivity index is 1.51. The average molecular weight is 538 g/mol. The van der Waals surface area contributed by atoms with Crippen LogP contribution in [0.4, 0.5) is 4.79 Å². The Bertz CT molecular complexity index is 989. The largest absolute Gasteiger partial charge is 0.488 e. The molecule has 216 valence electrons. The monoisotopic (exact) mass is 537 g/mol.